The molecule has 18 heavy (non-hydrogen) atoms. The number of aryl methyl sites for hydroxylation is 1. The van der Waals surface area contributed by atoms with E-state index < -0.39 is 0 Å². The molecule has 0 bridgehead atoms. The lowest BCUT2D eigenvalue weighted by Crippen LogP contribution is -2.47. The largest absolute Gasteiger partial charge is 0.369 e. The highest BCUT2D eigenvalue weighted by Gasteiger charge is 2.31. The molecule has 0 aromatic heterocycles. The van der Waals surface area contributed by atoms with Gasteiger partial charge in [0.25, 0.3) is 0 Å². The van der Waals surface area contributed by atoms with Crippen LogP contribution in [0.2, 0.25) is 0 Å². The fourth-order valence-corrected chi connectivity index (χ4v) is 3.11. The number of alkyl halides is 1. The summed E-state index contributed by atoms with van der Waals surface area (Å²) in [6.45, 7) is 6.83. The van der Waals surface area contributed by atoms with Gasteiger partial charge in [0.2, 0.25) is 0 Å². The van der Waals surface area contributed by atoms with Crippen LogP contribution < -0.4 is 4.90 Å². The molecule has 1 heterocycles. The van der Waals surface area contributed by atoms with E-state index in [2.05, 4.69) is 34.9 Å². The summed E-state index contributed by atoms with van der Waals surface area (Å²) in [5.74, 6) is 0.611. The van der Waals surface area contributed by atoms with Crippen LogP contribution in [0.25, 0.3) is 0 Å². The van der Waals surface area contributed by atoms with Crippen molar-refractivity contribution in [2.45, 2.75) is 31.7 Å². The van der Waals surface area contributed by atoms with Crippen LogP contribution in [-0.2, 0) is 5.88 Å². The lowest BCUT2D eigenvalue weighted by Gasteiger charge is -2.37. The van der Waals surface area contributed by atoms with Crippen molar-refractivity contribution in [3.63, 3.8) is 0 Å². The van der Waals surface area contributed by atoms with Gasteiger partial charge in [-0.15, -0.1) is 11.6 Å². The first-order chi connectivity index (χ1) is 8.78. The monoisotopic (exact) mass is 264 g/mol. The molecule has 3 rings (SSSR count). The van der Waals surface area contributed by atoms with Crippen molar-refractivity contribution in [2.75, 3.05) is 31.1 Å². The molecule has 98 valence electrons. The maximum atomic E-state index is 6.08. The minimum Gasteiger partial charge on any atom is -0.369 e. The summed E-state index contributed by atoms with van der Waals surface area (Å²) in [6.07, 6.45) is 2.83. The summed E-state index contributed by atoms with van der Waals surface area (Å²) >= 11 is 6.08. The van der Waals surface area contributed by atoms with Crippen LogP contribution in [0, 0.1) is 6.92 Å². The van der Waals surface area contributed by atoms with Gasteiger partial charge in [-0.2, -0.15) is 0 Å². The number of anilines is 1. The molecule has 0 N–H and O–H groups in total. The van der Waals surface area contributed by atoms with E-state index in [0.717, 1.165) is 19.1 Å². The lowest BCUT2D eigenvalue weighted by molar-refractivity contribution is 0.248. The zero-order chi connectivity index (χ0) is 12.5. The Morgan fingerprint density at radius 3 is 2.50 bits per heavy atom. The van der Waals surface area contributed by atoms with Crippen LogP contribution in [0.1, 0.15) is 24.0 Å². The number of piperazine rings is 1. The minimum atomic E-state index is 0.611. The zero-order valence-corrected chi connectivity index (χ0v) is 11.8. The molecule has 0 spiro atoms. The van der Waals surface area contributed by atoms with E-state index in [4.69, 9.17) is 11.6 Å². The van der Waals surface area contributed by atoms with E-state index in [1.165, 1.54) is 42.7 Å². The number of benzene rings is 1. The summed E-state index contributed by atoms with van der Waals surface area (Å²) in [6, 6.07) is 7.55. The van der Waals surface area contributed by atoms with Crippen molar-refractivity contribution in [1.29, 1.82) is 0 Å². The molecular formula is C15H21ClN2. The van der Waals surface area contributed by atoms with Gasteiger partial charge in [-0.05, 0) is 31.4 Å². The Bertz CT molecular complexity index is 421. The van der Waals surface area contributed by atoms with Crippen LogP contribution in [0.5, 0.6) is 0 Å². The van der Waals surface area contributed by atoms with E-state index in [9.17, 15) is 0 Å². The maximum Gasteiger partial charge on any atom is 0.0494 e. The highest BCUT2D eigenvalue weighted by Crippen LogP contribution is 2.30. The van der Waals surface area contributed by atoms with Crippen LogP contribution in [0.4, 0.5) is 5.69 Å². The first kappa shape index (κ1) is 12.3. The van der Waals surface area contributed by atoms with Gasteiger partial charge in [0.05, 0.1) is 0 Å². The van der Waals surface area contributed by atoms with Crippen molar-refractivity contribution in [3.8, 4) is 0 Å². The Hall–Kier alpha value is -0.730. The molecule has 0 radical (unpaired) electrons. The fraction of sp³-hybridized carbons (Fsp3) is 0.600. The molecule has 3 heteroatoms. The summed E-state index contributed by atoms with van der Waals surface area (Å²) in [5, 5.41) is 0. The van der Waals surface area contributed by atoms with Crippen molar-refractivity contribution < 1.29 is 0 Å². The molecular weight excluding hydrogens is 244 g/mol. The van der Waals surface area contributed by atoms with E-state index in [1.807, 2.05) is 0 Å². The van der Waals surface area contributed by atoms with Gasteiger partial charge in [0, 0.05) is 43.8 Å². The average Bonchev–Trinajstić information content (AvgIpc) is 3.23. The molecule has 0 atom stereocenters. The van der Waals surface area contributed by atoms with Gasteiger partial charge in [0.1, 0.15) is 0 Å². The van der Waals surface area contributed by atoms with Crippen molar-refractivity contribution >= 4 is 17.3 Å². The average molecular weight is 265 g/mol. The van der Waals surface area contributed by atoms with Crippen molar-refractivity contribution in [3.05, 3.63) is 29.3 Å². The third-order valence-corrected chi connectivity index (χ3v) is 4.39. The summed E-state index contributed by atoms with van der Waals surface area (Å²) < 4.78 is 0. The SMILES string of the molecule is Cc1ccc(N2CCN(C3CC3)CC2)c(CCl)c1. The number of hydrogen-bond acceptors (Lipinski definition) is 2. The fourth-order valence-electron chi connectivity index (χ4n) is 2.90. The second-order valence-corrected chi connectivity index (χ2v) is 5.79. The van der Waals surface area contributed by atoms with Crippen LogP contribution >= 0.6 is 11.6 Å². The van der Waals surface area contributed by atoms with E-state index in [0.29, 0.717) is 5.88 Å². The zero-order valence-electron chi connectivity index (χ0n) is 11.0. The van der Waals surface area contributed by atoms with Crippen molar-refractivity contribution in [2.24, 2.45) is 0 Å². The van der Waals surface area contributed by atoms with Gasteiger partial charge in [-0.1, -0.05) is 17.7 Å². The van der Waals surface area contributed by atoms with Gasteiger partial charge < -0.3 is 4.90 Å². The minimum absolute atomic E-state index is 0.611. The van der Waals surface area contributed by atoms with Crippen LogP contribution in [-0.4, -0.2) is 37.1 Å². The maximum absolute atomic E-state index is 6.08. The third kappa shape index (κ3) is 2.50. The molecule has 1 saturated heterocycles. The molecule has 1 saturated carbocycles. The molecule has 1 aromatic carbocycles. The van der Waals surface area contributed by atoms with Gasteiger partial charge in [-0.25, -0.2) is 0 Å². The number of halogens is 1. The topological polar surface area (TPSA) is 6.48 Å². The molecule has 2 aliphatic rings. The molecule has 1 aliphatic heterocycles. The highest BCUT2D eigenvalue weighted by molar-refractivity contribution is 6.17. The molecule has 1 aliphatic carbocycles. The number of nitrogens with zero attached hydrogens (tertiary/aromatic N) is 2. The first-order valence-electron chi connectivity index (χ1n) is 6.92. The molecule has 0 amide bonds. The third-order valence-electron chi connectivity index (χ3n) is 4.10. The summed E-state index contributed by atoms with van der Waals surface area (Å²) in [4.78, 5) is 5.14. The lowest BCUT2D eigenvalue weighted by atomic mass is 10.1. The van der Waals surface area contributed by atoms with E-state index >= 15 is 0 Å². The molecule has 0 unspecified atom stereocenters. The van der Waals surface area contributed by atoms with Crippen LogP contribution in [0.3, 0.4) is 0 Å². The summed E-state index contributed by atoms with van der Waals surface area (Å²) in [7, 11) is 0. The second-order valence-electron chi connectivity index (χ2n) is 5.52. The van der Waals surface area contributed by atoms with Crippen molar-refractivity contribution in [1.82, 2.24) is 4.90 Å². The summed E-state index contributed by atoms with van der Waals surface area (Å²) in [5.41, 5.74) is 3.91. The molecule has 2 nitrogen and oxygen atoms in total. The first-order valence-corrected chi connectivity index (χ1v) is 7.46. The Labute approximate surface area is 115 Å². The Morgan fingerprint density at radius 2 is 1.89 bits per heavy atom. The predicted molar refractivity (Wildman–Crippen MR) is 77.5 cm³/mol. The number of hydrogen-bond donors (Lipinski definition) is 0. The Balaban J connectivity index is 1.71. The van der Waals surface area contributed by atoms with Crippen LogP contribution in [0.15, 0.2) is 18.2 Å². The Morgan fingerprint density at radius 1 is 1.17 bits per heavy atom. The molecule has 1 aromatic rings. The smallest absolute Gasteiger partial charge is 0.0494 e. The Kier molecular flexibility index (Phi) is 3.49. The normalized spacial score (nSPS) is 21.3. The second kappa shape index (κ2) is 5.10. The predicted octanol–water partition coefficient (Wildman–Crippen LogP) is 3.02. The van der Waals surface area contributed by atoms with Gasteiger partial charge in [0.15, 0.2) is 0 Å². The van der Waals surface area contributed by atoms with E-state index in [1.54, 1.807) is 0 Å². The molecule has 2 fully saturated rings. The number of rotatable bonds is 3. The van der Waals surface area contributed by atoms with Gasteiger partial charge >= 0.3 is 0 Å². The standard InChI is InChI=1S/C15H21ClN2/c1-12-2-5-15(13(10-12)11-16)18-8-6-17(7-9-18)14-3-4-14/h2,5,10,14H,3-4,6-9,11H2,1H3. The van der Waals surface area contributed by atoms with E-state index in [-0.39, 0.29) is 0 Å². The van der Waals surface area contributed by atoms with Gasteiger partial charge in [-0.3, -0.25) is 4.90 Å². The highest BCUT2D eigenvalue weighted by atomic mass is 35.5. The quantitative estimate of drug-likeness (QED) is 0.775.